The van der Waals surface area contributed by atoms with Crippen molar-refractivity contribution in [2.75, 3.05) is 39.8 Å². The molecule has 6 nitrogen and oxygen atoms in total. The van der Waals surface area contributed by atoms with Crippen molar-refractivity contribution in [2.24, 2.45) is 4.99 Å². The number of nitrogens with one attached hydrogen (secondary N) is 3. The van der Waals surface area contributed by atoms with Crippen molar-refractivity contribution >= 4 is 11.9 Å². The van der Waals surface area contributed by atoms with Crippen molar-refractivity contribution in [2.45, 2.75) is 52.0 Å². The third-order valence-electron chi connectivity index (χ3n) is 5.05. The third-order valence-corrected chi connectivity index (χ3v) is 5.05. The average molecular weight is 388 g/mol. The molecule has 0 unspecified atom stereocenters. The van der Waals surface area contributed by atoms with Crippen molar-refractivity contribution in [3.8, 4) is 0 Å². The number of carbonyl (C=O) groups is 1. The minimum atomic E-state index is -0.0141. The molecular formula is C22H37N5O. The summed E-state index contributed by atoms with van der Waals surface area (Å²) in [5, 5.41) is 9.65. The predicted octanol–water partition coefficient (Wildman–Crippen LogP) is 2.76. The molecule has 1 fully saturated rings. The second kappa shape index (κ2) is 13.2. The minimum Gasteiger partial charge on any atom is -0.356 e. The number of likely N-dealkylation sites (tertiary alicyclic amines) is 1. The van der Waals surface area contributed by atoms with Crippen LogP contribution in [0.1, 0.15) is 61.4 Å². The van der Waals surface area contributed by atoms with Crippen LogP contribution in [0.15, 0.2) is 29.3 Å². The van der Waals surface area contributed by atoms with Crippen LogP contribution in [0.3, 0.4) is 0 Å². The summed E-state index contributed by atoms with van der Waals surface area (Å²) in [6, 6.07) is 7.74. The molecule has 0 saturated carbocycles. The predicted molar refractivity (Wildman–Crippen MR) is 117 cm³/mol. The molecule has 0 aromatic heterocycles. The van der Waals surface area contributed by atoms with Crippen molar-refractivity contribution in [1.82, 2.24) is 20.9 Å². The Kier molecular flexibility index (Phi) is 10.4. The van der Waals surface area contributed by atoms with Gasteiger partial charge < -0.3 is 20.9 Å². The molecule has 6 heteroatoms. The molecule has 156 valence electrons. The molecular weight excluding hydrogens is 350 g/mol. The molecule has 0 aliphatic carbocycles. The summed E-state index contributed by atoms with van der Waals surface area (Å²) in [6.45, 7) is 7.95. The lowest BCUT2D eigenvalue weighted by atomic mass is 10.1. The summed E-state index contributed by atoms with van der Waals surface area (Å²) in [7, 11) is 1.79. The quantitative estimate of drug-likeness (QED) is 0.346. The van der Waals surface area contributed by atoms with Crippen molar-refractivity contribution in [3.05, 3.63) is 35.4 Å². The van der Waals surface area contributed by atoms with E-state index in [9.17, 15) is 4.79 Å². The van der Waals surface area contributed by atoms with E-state index in [4.69, 9.17) is 0 Å². The maximum atomic E-state index is 12.1. The highest BCUT2D eigenvalue weighted by atomic mass is 16.1. The van der Waals surface area contributed by atoms with E-state index in [1.54, 1.807) is 7.05 Å². The monoisotopic (exact) mass is 387 g/mol. The van der Waals surface area contributed by atoms with Crippen molar-refractivity contribution < 1.29 is 4.79 Å². The number of rotatable bonds is 9. The van der Waals surface area contributed by atoms with E-state index in [-0.39, 0.29) is 5.91 Å². The molecule has 1 aliphatic heterocycles. The van der Waals surface area contributed by atoms with Crippen LogP contribution in [0.2, 0.25) is 0 Å². The van der Waals surface area contributed by atoms with Gasteiger partial charge in [-0.3, -0.25) is 9.79 Å². The maximum Gasteiger partial charge on any atom is 0.251 e. The first-order chi connectivity index (χ1) is 13.7. The lowest BCUT2D eigenvalue weighted by molar-refractivity contribution is 0.0953. The molecule has 1 aromatic carbocycles. The van der Waals surface area contributed by atoms with Gasteiger partial charge in [0.25, 0.3) is 5.91 Å². The van der Waals surface area contributed by atoms with Crippen LogP contribution in [0.4, 0.5) is 0 Å². The SMILES string of the molecule is CCCNC(=O)c1cccc(CNC(=NC)NCCCN2CCCCCC2)c1. The van der Waals surface area contributed by atoms with E-state index in [2.05, 4.69) is 25.8 Å². The van der Waals surface area contributed by atoms with Gasteiger partial charge >= 0.3 is 0 Å². The summed E-state index contributed by atoms with van der Waals surface area (Å²) in [5.41, 5.74) is 1.77. The lowest BCUT2D eigenvalue weighted by Crippen LogP contribution is -2.38. The molecule has 0 spiro atoms. The number of benzene rings is 1. The van der Waals surface area contributed by atoms with Crippen LogP contribution >= 0.6 is 0 Å². The molecule has 1 saturated heterocycles. The first-order valence-corrected chi connectivity index (χ1v) is 10.8. The Bertz CT molecular complexity index is 609. The second-order valence-corrected chi connectivity index (χ2v) is 7.42. The van der Waals surface area contributed by atoms with Gasteiger partial charge in [-0.15, -0.1) is 0 Å². The summed E-state index contributed by atoms with van der Waals surface area (Å²) in [4.78, 5) is 19.0. The first kappa shape index (κ1) is 22.2. The summed E-state index contributed by atoms with van der Waals surface area (Å²) in [5.74, 6) is 0.788. The number of guanidine groups is 1. The van der Waals surface area contributed by atoms with Gasteiger partial charge in [0.1, 0.15) is 0 Å². The second-order valence-electron chi connectivity index (χ2n) is 7.42. The van der Waals surface area contributed by atoms with Gasteiger partial charge in [0, 0.05) is 32.2 Å². The molecule has 1 aliphatic rings. The standard InChI is InChI=1S/C22H37N5O/c1-3-12-24-21(28)20-11-8-10-19(17-20)18-26-22(23-2)25-13-9-16-27-14-6-4-5-7-15-27/h8,10-11,17H,3-7,9,12-16,18H2,1-2H3,(H,24,28)(H2,23,25,26). The first-order valence-electron chi connectivity index (χ1n) is 10.8. The Balaban J connectivity index is 1.70. The Morgan fingerprint density at radius 2 is 1.86 bits per heavy atom. The summed E-state index contributed by atoms with van der Waals surface area (Å²) < 4.78 is 0. The number of carbonyl (C=O) groups excluding carboxylic acids is 1. The number of hydrogen-bond donors (Lipinski definition) is 3. The maximum absolute atomic E-state index is 12.1. The topological polar surface area (TPSA) is 68.8 Å². The highest BCUT2D eigenvalue weighted by molar-refractivity contribution is 5.94. The summed E-state index contributed by atoms with van der Waals surface area (Å²) in [6.07, 6.45) is 7.50. The molecule has 1 heterocycles. The van der Waals surface area contributed by atoms with Crippen molar-refractivity contribution in [1.29, 1.82) is 0 Å². The zero-order valence-corrected chi connectivity index (χ0v) is 17.6. The molecule has 1 aromatic rings. The van der Waals surface area contributed by atoms with Crippen LogP contribution < -0.4 is 16.0 Å². The summed E-state index contributed by atoms with van der Waals surface area (Å²) >= 11 is 0. The molecule has 0 atom stereocenters. The largest absolute Gasteiger partial charge is 0.356 e. The number of aliphatic imine (C=N–C) groups is 1. The zero-order chi connectivity index (χ0) is 20.0. The minimum absolute atomic E-state index is 0.0141. The van der Waals surface area contributed by atoms with E-state index >= 15 is 0 Å². The van der Waals surface area contributed by atoms with Gasteiger partial charge in [0.2, 0.25) is 0 Å². The van der Waals surface area contributed by atoms with Crippen LogP contribution in [0, 0.1) is 0 Å². The molecule has 28 heavy (non-hydrogen) atoms. The van der Waals surface area contributed by atoms with Gasteiger partial charge in [-0.05, 0) is 63.0 Å². The van der Waals surface area contributed by atoms with Gasteiger partial charge in [0.05, 0.1) is 0 Å². The number of amides is 1. The van der Waals surface area contributed by atoms with Crippen molar-refractivity contribution in [3.63, 3.8) is 0 Å². The van der Waals surface area contributed by atoms with E-state index < -0.39 is 0 Å². The highest BCUT2D eigenvalue weighted by Crippen LogP contribution is 2.09. The zero-order valence-electron chi connectivity index (χ0n) is 17.6. The van der Waals surface area contributed by atoms with Crippen LogP contribution in [0.25, 0.3) is 0 Å². The Morgan fingerprint density at radius 3 is 2.57 bits per heavy atom. The van der Waals surface area contributed by atoms with Gasteiger partial charge in [0.15, 0.2) is 5.96 Å². The Morgan fingerprint density at radius 1 is 1.07 bits per heavy atom. The lowest BCUT2D eigenvalue weighted by Gasteiger charge is -2.20. The smallest absolute Gasteiger partial charge is 0.251 e. The molecule has 3 N–H and O–H groups in total. The molecule has 2 rings (SSSR count). The van der Waals surface area contributed by atoms with Crippen LogP contribution in [-0.4, -0.2) is 56.5 Å². The number of nitrogens with zero attached hydrogens (tertiary/aromatic N) is 2. The van der Waals surface area contributed by atoms with Gasteiger partial charge in [-0.25, -0.2) is 0 Å². The van der Waals surface area contributed by atoms with Gasteiger partial charge in [-0.2, -0.15) is 0 Å². The Hall–Kier alpha value is -2.08. The third kappa shape index (κ3) is 8.30. The molecule has 0 bridgehead atoms. The Labute approximate surface area is 170 Å². The fourth-order valence-electron chi connectivity index (χ4n) is 3.44. The fourth-order valence-corrected chi connectivity index (χ4v) is 3.44. The van der Waals surface area contributed by atoms with E-state index in [1.165, 1.54) is 38.8 Å². The highest BCUT2D eigenvalue weighted by Gasteiger charge is 2.08. The molecule has 1 amide bonds. The van der Waals surface area contributed by atoms with Gasteiger partial charge in [-0.1, -0.05) is 31.9 Å². The van der Waals surface area contributed by atoms with Crippen LogP contribution in [-0.2, 0) is 6.54 Å². The van der Waals surface area contributed by atoms with E-state index in [0.29, 0.717) is 18.7 Å². The van der Waals surface area contributed by atoms with Crippen LogP contribution in [0.5, 0.6) is 0 Å². The fraction of sp³-hybridized carbons (Fsp3) is 0.636. The average Bonchev–Trinajstić information content (AvgIpc) is 3.00. The van der Waals surface area contributed by atoms with E-state index in [0.717, 1.165) is 37.5 Å². The molecule has 0 radical (unpaired) electrons. The normalized spacial score (nSPS) is 15.7. The number of hydrogen-bond acceptors (Lipinski definition) is 3. The van der Waals surface area contributed by atoms with E-state index in [1.807, 2.05) is 31.2 Å².